The summed E-state index contributed by atoms with van der Waals surface area (Å²) in [5, 5.41) is 7.16. The zero-order valence-corrected chi connectivity index (χ0v) is 12.5. The summed E-state index contributed by atoms with van der Waals surface area (Å²) in [6.07, 6.45) is 1.01. The lowest BCUT2D eigenvalue weighted by atomic mass is 10.3. The molecule has 0 aliphatic heterocycles. The van der Waals surface area contributed by atoms with Gasteiger partial charge >= 0.3 is 0 Å². The molecule has 0 spiro atoms. The molecule has 0 fully saturated rings. The highest BCUT2D eigenvalue weighted by Gasteiger charge is 2.05. The molecule has 0 aliphatic carbocycles. The number of halogens is 1. The van der Waals surface area contributed by atoms with Crippen molar-refractivity contribution in [3.8, 4) is 5.75 Å². The van der Waals surface area contributed by atoms with Gasteiger partial charge in [-0.25, -0.2) is 0 Å². The maximum Gasteiger partial charge on any atom is 0.220 e. The van der Waals surface area contributed by atoms with Gasteiger partial charge in [-0.1, -0.05) is 28.9 Å². The molecule has 0 saturated carbocycles. The number of para-hydroxylation sites is 1. The lowest BCUT2D eigenvalue weighted by Crippen LogP contribution is -2.23. The molecule has 0 unspecified atom stereocenters. The van der Waals surface area contributed by atoms with Gasteiger partial charge in [0, 0.05) is 12.5 Å². The third-order valence-electron chi connectivity index (χ3n) is 2.79. The normalized spacial score (nSPS) is 10.4. The van der Waals surface area contributed by atoms with E-state index in [1.54, 1.807) is 18.2 Å². The second kappa shape index (κ2) is 7.69. The fourth-order valence-electron chi connectivity index (χ4n) is 1.76. The van der Waals surface area contributed by atoms with Crippen molar-refractivity contribution in [1.29, 1.82) is 0 Å². The minimum Gasteiger partial charge on any atom is -0.492 e. The monoisotopic (exact) mass is 308 g/mol. The van der Waals surface area contributed by atoms with Crippen molar-refractivity contribution in [1.82, 2.24) is 10.5 Å². The number of amides is 1. The molecule has 1 amide bonds. The van der Waals surface area contributed by atoms with Gasteiger partial charge in [0.2, 0.25) is 5.91 Å². The summed E-state index contributed by atoms with van der Waals surface area (Å²) >= 11 is 5.97. The molecular formula is C15H17ClN2O3. The van der Waals surface area contributed by atoms with Crippen molar-refractivity contribution in [2.75, 3.05) is 6.61 Å². The van der Waals surface area contributed by atoms with E-state index in [1.165, 1.54) is 0 Å². The summed E-state index contributed by atoms with van der Waals surface area (Å²) < 4.78 is 10.4. The molecule has 1 aromatic carbocycles. The number of hydrogen-bond acceptors (Lipinski definition) is 4. The topological polar surface area (TPSA) is 64.4 Å². The van der Waals surface area contributed by atoms with Crippen LogP contribution in [0.3, 0.4) is 0 Å². The lowest BCUT2D eigenvalue weighted by Gasteiger charge is -2.07. The first-order chi connectivity index (χ1) is 10.1. The van der Waals surface area contributed by atoms with Gasteiger partial charge in [0.05, 0.1) is 18.2 Å². The van der Waals surface area contributed by atoms with Gasteiger partial charge in [0.15, 0.2) is 0 Å². The van der Waals surface area contributed by atoms with E-state index < -0.39 is 0 Å². The fraction of sp³-hybridized carbons (Fsp3) is 0.333. The zero-order valence-electron chi connectivity index (χ0n) is 11.8. The molecule has 1 aromatic heterocycles. The van der Waals surface area contributed by atoms with Crippen LogP contribution in [0.25, 0.3) is 0 Å². The Morgan fingerprint density at radius 2 is 2.24 bits per heavy atom. The summed E-state index contributed by atoms with van der Waals surface area (Å²) in [6, 6.07) is 9.06. The highest BCUT2D eigenvalue weighted by Crippen LogP contribution is 2.23. The molecule has 5 nitrogen and oxygen atoms in total. The van der Waals surface area contributed by atoms with Crippen LogP contribution in [0.1, 0.15) is 24.3 Å². The molecular weight excluding hydrogens is 292 g/mol. The average Bonchev–Trinajstić information content (AvgIpc) is 2.89. The van der Waals surface area contributed by atoms with Crippen LogP contribution in [0.15, 0.2) is 34.9 Å². The molecule has 6 heteroatoms. The van der Waals surface area contributed by atoms with E-state index in [1.807, 2.05) is 19.1 Å². The standard InChI is InChI=1S/C15H17ClN2O3/c1-11-9-12(18-21-11)10-17-15(19)7-4-8-20-14-6-3-2-5-13(14)16/h2-3,5-6,9H,4,7-8,10H2,1H3,(H,17,19). The third kappa shape index (κ3) is 5.11. The Bertz CT molecular complexity index is 598. The van der Waals surface area contributed by atoms with Crippen LogP contribution in [0.2, 0.25) is 5.02 Å². The summed E-state index contributed by atoms with van der Waals surface area (Å²) in [6.45, 7) is 2.63. The molecule has 1 heterocycles. The van der Waals surface area contributed by atoms with E-state index in [4.69, 9.17) is 20.9 Å². The van der Waals surface area contributed by atoms with Crippen molar-refractivity contribution < 1.29 is 14.1 Å². The zero-order chi connectivity index (χ0) is 15.1. The number of ether oxygens (including phenoxy) is 1. The molecule has 0 saturated heterocycles. The highest BCUT2D eigenvalue weighted by molar-refractivity contribution is 6.32. The van der Waals surface area contributed by atoms with Crippen LogP contribution in [0.5, 0.6) is 5.75 Å². The number of aryl methyl sites for hydroxylation is 1. The molecule has 2 aromatic rings. The molecule has 2 rings (SSSR count). The summed E-state index contributed by atoms with van der Waals surface area (Å²) in [7, 11) is 0. The first-order valence-corrected chi connectivity index (χ1v) is 7.09. The SMILES string of the molecule is Cc1cc(CNC(=O)CCCOc2ccccc2Cl)no1. The maximum absolute atomic E-state index is 11.7. The first kappa shape index (κ1) is 15.4. The Morgan fingerprint density at radius 1 is 1.43 bits per heavy atom. The predicted molar refractivity (Wildman–Crippen MR) is 79.3 cm³/mol. The van der Waals surface area contributed by atoms with Gasteiger partial charge in [-0.2, -0.15) is 0 Å². The Kier molecular flexibility index (Phi) is 5.63. The number of benzene rings is 1. The molecule has 21 heavy (non-hydrogen) atoms. The van der Waals surface area contributed by atoms with E-state index in [0.29, 0.717) is 42.5 Å². The van der Waals surface area contributed by atoms with Crippen LogP contribution < -0.4 is 10.1 Å². The van der Waals surface area contributed by atoms with Crippen molar-refractivity contribution in [3.63, 3.8) is 0 Å². The predicted octanol–water partition coefficient (Wildman–Crippen LogP) is 3.11. The fourth-order valence-corrected chi connectivity index (χ4v) is 1.95. The van der Waals surface area contributed by atoms with E-state index >= 15 is 0 Å². The van der Waals surface area contributed by atoms with Crippen molar-refractivity contribution in [2.24, 2.45) is 0 Å². The van der Waals surface area contributed by atoms with Gasteiger partial charge in [-0.3, -0.25) is 4.79 Å². The number of nitrogens with zero attached hydrogens (tertiary/aromatic N) is 1. The Balaban J connectivity index is 1.62. The second-order valence-corrected chi connectivity index (χ2v) is 5.00. The van der Waals surface area contributed by atoms with Crippen LogP contribution >= 0.6 is 11.6 Å². The maximum atomic E-state index is 11.7. The number of carbonyl (C=O) groups is 1. The number of nitrogens with one attached hydrogen (secondary N) is 1. The van der Waals surface area contributed by atoms with Crippen LogP contribution in [0, 0.1) is 6.92 Å². The number of rotatable bonds is 7. The number of hydrogen-bond donors (Lipinski definition) is 1. The molecule has 0 bridgehead atoms. The number of carbonyl (C=O) groups excluding carboxylic acids is 1. The van der Waals surface area contributed by atoms with Gasteiger partial charge in [0.25, 0.3) is 0 Å². The van der Waals surface area contributed by atoms with E-state index in [0.717, 1.165) is 5.76 Å². The summed E-state index contributed by atoms with van der Waals surface area (Å²) in [5.41, 5.74) is 0.716. The molecule has 0 radical (unpaired) electrons. The highest BCUT2D eigenvalue weighted by atomic mass is 35.5. The van der Waals surface area contributed by atoms with Gasteiger partial charge < -0.3 is 14.6 Å². The molecule has 0 aliphatic rings. The average molecular weight is 309 g/mol. The van der Waals surface area contributed by atoms with Gasteiger partial charge in [-0.15, -0.1) is 0 Å². The van der Waals surface area contributed by atoms with E-state index in [9.17, 15) is 4.79 Å². The van der Waals surface area contributed by atoms with E-state index in [2.05, 4.69) is 10.5 Å². The van der Waals surface area contributed by atoms with Crippen molar-refractivity contribution in [2.45, 2.75) is 26.3 Å². The van der Waals surface area contributed by atoms with E-state index in [-0.39, 0.29) is 5.91 Å². The number of aromatic nitrogens is 1. The second-order valence-electron chi connectivity index (χ2n) is 4.59. The first-order valence-electron chi connectivity index (χ1n) is 6.71. The summed E-state index contributed by atoms with van der Waals surface area (Å²) in [5.74, 6) is 1.32. The van der Waals surface area contributed by atoms with Crippen LogP contribution in [-0.4, -0.2) is 17.7 Å². The van der Waals surface area contributed by atoms with Gasteiger partial charge in [0.1, 0.15) is 17.2 Å². The third-order valence-corrected chi connectivity index (χ3v) is 3.10. The molecule has 112 valence electrons. The largest absolute Gasteiger partial charge is 0.492 e. The Labute approximate surface area is 128 Å². The summed E-state index contributed by atoms with van der Waals surface area (Å²) in [4.78, 5) is 11.7. The minimum absolute atomic E-state index is 0.0431. The van der Waals surface area contributed by atoms with Gasteiger partial charge in [-0.05, 0) is 25.5 Å². The smallest absolute Gasteiger partial charge is 0.220 e. The Hall–Kier alpha value is -2.01. The lowest BCUT2D eigenvalue weighted by molar-refractivity contribution is -0.121. The van der Waals surface area contributed by atoms with Crippen LogP contribution in [-0.2, 0) is 11.3 Å². The molecule has 0 atom stereocenters. The van der Waals surface area contributed by atoms with Crippen molar-refractivity contribution in [3.05, 3.63) is 46.8 Å². The van der Waals surface area contributed by atoms with Crippen molar-refractivity contribution >= 4 is 17.5 Å². The minimum atomic E-state index is -0.0431. The van der Waals surface area contributed by atoms with Crippen LogP contribution in [0.4, 0.5) is 0 Å². The quantitative estimate of drug-likeness (QED) is 0.798. The Morgan fingerprint density at radius 3 is 2.95 bits per heavy atom. The molecule has 1 N–H and O–H groups in total.